The van der Waals surface area contributed by atoms with E-state index >= 15 is 0 Å². The van der Waals surface area contributed by atoms with E-state index in [9.17, 15) is 0 Å². The smallest absolute Gasteiger partial charge is 0.136 e. The van der Waals surface area contributed by atoms with Crippen molar-refractivity contribution in [2.75, 3.05) is 0 Å². The minimum Gasteiger partial charge on any atom is -0.456 e. The van der Waals surface area contributed by atoms with Crippen LogP contribution in [0.4, 0.5) is 0 Å². The van der Waals surface area contributed by atoms with Gasteiger partial charge in [-0.3, -0.25) is 0 Å². The molecule has 0 saturated heterocycles. The van der Waals surface area contributed by atoms with Crippen LogP contribution >= 0.6 is 0 Å². The molecule has 0 atom stereocenters. The van der Waals surface area contributed by atoms with Crippen LogP contribution in [0.3, 0.4) is 0 Å². The van der Waals surface area contributed by atoms with Gasteiger partial charge in [-0.15, -0.1) is 0 Å². The molecule has 2 heteroatoms. The van der Waals surface area contributed by atoms with Crippen molar-refractivity contribution in [3.8, 4) is 44.5 Å². The molecule has 7 aromatic rings. The van der Waals surface area contributed by atoms with Gasteiger partial charge in [0.15, 0.2) is 0 Å². The van der Waals surface area contributed by atoms with Gasteiger partial charge in [0.2, 0.25) is 0 Å². The van der Waals surface area contributed by atoms with Crippen molar-refractivity contribution < 1.29 is 4.42 Å². The van der Waals surface area contributed by atoms with Crippen LogP contribution in [-0.2, 0) is 0 Å². The first-order valence-corrected chi connectivity index (χ1v) is 13.1. The average Bonchev–Trinajstić information content (AvgIpc) is 3.40. The van der Waals surface area contributed by atoms with E-state index in [4.69, 9.17) is 9.83 Å². The zero-order valence-electron chi connectivity index (χ0n) is 21.3. The highest BCUT2D eigenvalue weighted by molar-refractivity contribution is 6.13. The molecule has 2 nitrogen and oxygen atoms in total. The summed E-state index contributed by atoms with van der Waals surface area (Å²) in [6, 6.07) is 48.8. The Morgan fingerprint density at radius 1 is 0.462 bits per heavy atom. The Hall–Kier alpha value is -5.21. The summed E-state index contributed by atoms with van der Waals surface area (Å²) in [5.41, 5.74) is 11.9. The third-order valence-corrected chi connectivity index (χ3v) is 7.40. The normalized spacial score (nSPS) is 11.2. The van der Waals surface area contributed by atoms with Gasteiger partial charge in [0.1, 0.15) is 11.2 Å². The van der Waals surface area contributed by atoms with Gasteiger partial charge in [0, 0.05) is 22.6 Å². The zero-order valence-corrected chi connectivity index (χ0v) is 21.3. The summed E-state index contributed by atoms with van der Waals surface area (Å²) in [6.45, 7) is 0. The molecule has 0 radical (unpaired) electrons. The Bertz CT molecular complexity index is 1970. The first-order chi connectivity index (χ1) is 19.3. The molecule has 6 aromatic carbocycles. The number of hydrogen-bond donors (Lipinski definition) is 1. The predicted octanol–water partition coefficient (Wildman–Crippen LogP) is 10.3. The van der Waals surface area contributed by atoms with E-state index in [1.807, 2.05) is 18.2 Å². The summed E-state index contributed by atoms with van der Waals surface area (Å²) in [5, 5.41) is 9.96. The Labute approximate surface area is 227 Å². The molecule has 0 aliphatic heterocycles. The van der Waals surface area contributed by atoms with Crippen LogP contribution in [0.2, 0.25) is 0 Å². The van der Waals surface area contributed by atoms with Gasteiger partial charge < -0.3 is 9.83 Å². The first-order valence-electron chi connectivity index (χ1n) is 13.1. The van der Waals surface area contributed by atoms with Crippen LogP contribution in [0.5, 0.6) is 0 Å². The van der Waals surface area contributed by atoms with Crippen molar-refractivity contribution in [1.29, 1.82) is 5.41 Å². The summed E-state index contributed by atoms with van der Waals surface area (Å²) < 4.78 is 6.16. The maximum absolute atomic E-state index is 7.95. The highest BCUT2D eigenvalue weighted by Gasteiger charge is 2.17. The molecule has 0 spiro atoms. The van der Waals surface area contributed by atoms with Gasteiger partial charge in [0.05, 0.1) is 0 Å². The Morgan fingerprint density at radius 3 is 1.87 bits per heavy atom. The molecule has 184 valence electrons. The van der Waals surface area contributed by atoms with Gasteiger partial charge in [-0.1, -0.05) is 115 Å². The highest BCUT2D eigenvalue weighted by Crippen LogP contribution is 2.42. The number of hydrogen-bond acceptors (Lipinski definition) is 2. The van der Waals surface area contributed by atoms with E-state index in [0.717, 1.165) is 38.6 Å². The summed E-state index contributed by atoms with van der Waals surface area (Å²) in [5.74, 6) is 0. The molecule has 0 bridgehead atoms. The zero-order chi connectivity index (χ0) is 26.2. The van der Waals surface area contributed by atoms with Crippen LogP contribution in [-0.4, -0.2) is 6.21 Å². The summed E-state index contributed by atoms with van der Waals surface area (Å²) in [7, 11) is 0. The van der Waals surface area contributed by atoms with Gasteiger partial charge in [0.25, 0.3) is 0 Å². The number of fused-ring (bicyclic) bond motifs is 3. The number of nitrogens with one attached hydrogen (secondary N) is 1. The SMILES string of the molecule is N=Cc1cccc2oc3ccc(-c4cccc(-c5ccccc5)c4-c4cccc(-c5ccccc5)c4)cc3c12. The fourth-order valence-electron chi connectivity index (χ4n) is 5.59. The van der Waals surface area contributed by atoms with Crippen LogP contribution < -0.4 is 0 Å². The van der Waals surface area contributed by atoms with E-state index in [1.165, 1.54) is 39.6 Å². The fourth-order valence-corrected chi connectivity index (χ4v) is 5.59. The lowest BCUT2D eigenvalue weighted by molar-refractivity contribution is 0.669. The monoisotopic (exact) mass is 499 g/mol. The van der Waals surface area contributed by atoms with Crippen molar-refractivity contribution in [2.45, 2.75) is 0 Å². The molecular weight excluding hydrogens is 474 g/mol. The van der Waals surface area contributed by atoms with E-state index in [-0.39, 0.29) is 0 Å². The second kappa shape index (κ2) is 9.59. The molecule has 0 amide bonds. The summed E-state index contributed by atoms with van der Waals surface area (Å²) >= 11 is 0. The molecule has 1 heterocycles. The third-order valence-electron chi connectivity index (χ3n) is 7.40. The molecule has 39 heavy (non-hydrogen) atoms. The average molecular weight is 500 g/mol. The molecule has 0 aliphatic rings. The molecular formula is C37H25NO. The van der Waals surface area contributed by atoms with E-state index < -0.39 is 0 Å². The first kappa shape index (κ1) is 22.9. The highest BCUT2D eigenvalue weighted by atomic mass is 16.3. The van der Waals surface area contributed by atoms with E-state index in [2.05, 4.69) is 121 Å². The topological polar surface area (TPSA) is 37.0 Å². The van der Waals surface area contributed by atoms with Gasteiger partial charge in [-0.25, -0.2) is 0 Å². The Kier molecular flexibility index (Phi) is 5.64. The van der Waals surface area contributed by atoms with Gasteiger partial charge in [-0.2, -0.15) is 0 Å². The largest absolute Gasteiger partial charge is 0.456 e. The molecule has 0 saturated carbocycles. The van der Waals surface area contributed by atoms with Gasteiger partial charge in [-0.05, 0) is 68.8 Å². The lowest BCUT2D eigenvalue weighted by Crippen LogP contribution is -1.91. The van der Waals surface area contributed by atoms with Crippen LogP contribution in [0, 0.1) is 5.41 Å². The number of rotatable bonds is 5. The maximum atomic E-state index is 7.95. The number of benzene rings is 6. The molecule has 1 N–H and O–H groups in total. The molecule has 1 aromatic heterocycles. The van der Waals surface area contributed by atoms with Gasteiger partial charge >= 0.3 is 0 Å². The van der Waals surface area contributed by atoms with Crippen molar-refractivity contribution in [3.05, 3.63) is 145 Å². The third kappa shape index (κ3) is 4.03. The van der Waals surface area contributed by atoms with Crippen LogP contribution in [0.15, 0.2) is 144 Å². The standard InChI is InChI=1S/C37H25NO/c38-24-30-16-8-19-35-37(30)33-23-28(20-21-34(33)39-35)32-18-9-17-31(26-12-5-2-6-13-26)36(32)29-15-7-14-27(22-29)25-10-3-1-4-11-25/h1-24,38H. The summed E-state index contributed by atoms with van der Waals surface area (Å²) in [4.78, 5) is 0. The maximum Gasteiger partial charge on any atom is 0.136 e. The quantitative estimate of drug-likeness (QED) is 0.235. The Balaban J connectivity index is 1.50. The second-order valence-electron chi connectivity index (χ2n) is 9.72. The van der Waals surface area contributed by atoms with Crippen LogP contribution in [0.1, 0.15) is 5.56 Å². The lowest BCUT2D eigenvalue weighted by Gasteiger charge is -2.17. The fraction of sp³-hybridized carbons (Fsp3) is 0. The predicted molar refractivity (Wildman–Crippen MR) is 163 cm³/mol. The molecule has 0 aliphatic carbocycles. The van der Waals surface area contributed by atoms with Crippen molar-refractivity contribution in [3.63, 3.8) is 0 Å². The van der Waals surface area contributed by atoms with Crippen LogP contribution in [0.25, 0.3) is 66.4 Å². The van der Waals surface area contributed by atoms with E-state index in [0.29, 0.717) is 0 Å². The molecule has 7 rings (SSSR count). The van der Waals surface area contributed by atoms with Crippen molar-refractivity contribution in [2.24, 2.45) is 0 Å². The van der Waals surface area contributed by atoms with Crippen molar-refractivity contribution in [1.82, 2.24) is 0 Å². The second-order valence-corrected chi connectivity index (χ2v) is 9.72. The summed E-state index contributed by atoms with van der Waals surface area (Å²) in [6.07, 6.45) is 1.40. The van der Waals surface area contributed by atoms with E-state index in [1.54, 1.807) is 0 Å². The Morgan fingerprint density at radius 2 is 1.10 bits per heavy atom. The number of furan rings is 1. The minimum atomic E-state index is 0.803. The lowest BCUT2D eigenvalue weighted by atomic mass is 9.86. The molecule has 0 unspecified atom stereocenters. The minimum absolute atomic E-state index is 0.803. The molecule has 0 fully saturated rings. The van der Waals surface area contributed by atoms with Crippen molar-refractivity contribution >= 4 is 28.2 Å².